The van der Waals surface area contributed by atoms with Crippen molar-refractivity contribution in [3.63, 3.8) is 0 Å². The molecule has 3 rings (SSSR count). The summed E-state index contributed by atoms with van der Waals surface area (Å²) in [5.74, 6) is 0. The first-order chi connectivity index (χ1) is 9.65. The first kappa shape index (κ1) is 15.9. The van der Waals surface area contributed by atoms with Crippen molar-refractivity contribution in [1.82, 2.24) is 9.97 Å². The molecule has 1 aromatic carbocycles. The SMILES string of the molecule is Cl.O=C(Cl)c1cc(-c2ccccn2)nc2ccc(Br)cc12. The zero-order valence-corrected chi connectivity index (χ0v) is 13.7. The highest BCUT2D eigenvalue weighted by molar-refractivity contribution is 9.10. The van der Waals surface area contributed by atoms with Gasteiger partial charge in [-0.2, -0.15) is 0 Å². The van der Waals surface area contributed by atoms with Crippen molar-refractivity contribution in [2.75, 3.05) is 0 Å². The fourth-order valence-electron chi connectivity index (χ4n) is 2.01. The molecule has 0 spiro atoms. The van der Waals surface area contributed by atoms with Crippen LogP contribution < -0.4 is 0 Å². The minimum atomic E-state index is -0.507. The molecule has 0 amide bonds. The van der Waals surface area contributed by atoms with Crippen LogP contribution in [0.1, 0.15) is 10.4 Å². The molecule has 0 saturated carbocycles. The second-order valence-corrected chi connectivity index (χ2v) is 5.46. The first-order valence-corrected chi connectivity index (χ1v) is 7.04. The van der Waals surface area contributed by atoms with Gasteiger partial charge in [0.15, 0.2) is 0 Å². The maximum atomic E-state index is 11.7. The van der Waals surface area contributed by atoms with E-state index < -0.39 is 5.24 Å². The van der Waals surface area contributed by atoms with Crippen LogP contribution in [0.15, 0.2) is 53.1 Å². The molecule has 0 N–H and O–H groups in total. The average Bonchev–Trinajstić information content (AvgIpc) is 2.47. The summed E-state index contributed by atoms with van der Waals surface area (Å²) in [7, 11) is 0. The van der Waals surface area contributed by atoms with Crippen LogP contribution >= 0.6 is 39.9 Å². The maximum Gasteiger partial charge on any atom is 0.253 e. The Morgan fingerprint density at radius 1 is 1.10 bits per heavy atom. The van der Waals surface area contributed by atoms with Crippen LogP contribution in [0.25, 0.3) is 22.3 Å². The lowest BCUT2D eigenvalue weighted by Gasteiger charge is -2.07. The van der Waals surface area contributed by atoms with E-state index in [9.17, 15) is 4.79 Å². The molecule has 2 aromatic heterocycles. The van der Waals surface area contributed by atoms with Crippen LogP contribution in [0.5, 0.6) is 0 Å². The van der Waals surface area contributed by atoms with Gasteiger partial charge in [0, 0.05) is 21.6 Å². The fourth-order valence-corrected chi connectivity index (χ4v) is 2.52. The number of hydrogen-bond acceptors (Lipinski definition) is 3. The van der Waals surface area contributed by atoms with E-state index >= 15 is 0 Å². The number of hydrogen-bond donors (Lipinski definition) is 0. The van der Waals surface area contributed by atoms with Gasteiger partial charge in [-0.3, -0.25) is 9.78 Å². The van der Waals surface area contributed by atoms with Gasteiger partial charge in [0.1, 0.15) is 0 Å². The Balaban J connectivity index is 0.00000161. The van der Waals surface area contributed by atoms with E-state index in [-0.39, 0.29) is 12.4 Å². The van der Waals surface area contributed by atoms with E-state index in [1.807, 2.05) is 36.4 Å². The molecule has 0 atom stereocenters. The number of benzene rings is 1. The summed E-state index contributed by atoms with van der Waals surface area (Å²) in [6.45, 7) is 0. The zero-order valence-electron chi connectivity index (χ0n) is 10.6. The average molecular weight is 384 g/mol. The second-order valence-electron chi connectivity index (χ2n) is 4.21. The van der Waals surface area contributed by atoms with Crippen molar-refractivity contribution in [2.24, 2.45) is 0 Å². The minimum Gasteiger partial charge on any atom is -0.276 e. The molecule has 106 valence electrons. The molecule has 0 unspecified atom stereocenters. The summed E-state index contributed by atoms with van der Waals surface area (Å²) in [6, 6.07) is 12.8. The smallest absolute Gasteiger partial charge is 0.253 e. The summed E-state index contributed by atoms with van der Waals surface area (Å²) in [5, 5.41) is 0.215. The Bertz CT molecular complexity index is 809. The van der Waals surface area contributed by atoms with Crippen molar-refractivity contribution in [1.29, 1.82) is 0 Å². The van der Waals surface area contributed by atoms with E-state index in [0.29, 0.717) is 22.5 Å². The monoisotopic (exact) mass is 382 g/mol. The predicted molar refractivity (Wildman–Crippen MR) is 90.1 cm³/mol. The number of fused-ring (bicyclic) bond motifs is 1. The van der Waals surface area contributed by atoms with Gasteiger partial charge in [-0.05, 0) is 48.0 Å². The number of rotatable bonds is 2. The number of carbonyl (C=O) groups is 1. The highest BCUT2D eigenvalue weighted by Crippen LogP contribution is 2.27. The van der Waals surface area contributed by atoms with Gasteiger partial charge >= 0.3 is 0 Å². The highest BCUT2D eigenvalue weighted by Gasteiger charge is 2.13. The number of halogens is 3. The number of carbonyl (C=O) groups excluding carboxylic acids is 1. The summed E-state index contributed by atoms with van der Waals surface area (Å²) in [4.78, 5) is 20.4. The molecule has 0 fully saturated rings. The van der Waals surface area contributed by atoms with Crippen molar-refractivity contribution < 1.29 is 4.79 Å². The van der Waals surface area contributed by atoms with Crippen molar-refractivity contribution in [2.45, 2.75) is 0 Å². The molecule has 0 aliphatic rings. The van der Waals surface area contributed by atoms with Crippen LogP contribution in [0.3, 0.4) is 0 Å². The standard InChI is InChI=1S/C15H8BrClN2O.ClH/c16-9-4-5-12-10(7-9)11(15(17)20)8-14(19-12)13-3-1-2-6-18-13;/h1-8H;1H. The molecule has 0 saturated heterocycles. The maximum absolute atomic E-state index is 11.7. The van der Waals surface area contributed by atoms with Crippen molar-refractivity contribution >= 4 is 56.1 Å². The number of pyridine rings is 2. The molecule has 3 aromatic rings. The summed E-state index contributed by atoms with van der Waals surface area (Å²) in [6.07, 6.45) is 1.69. The van der Waals surface area contributed by atoms with Crippen LogP contribution in [-0.4, -0.2) is 15.2 Å². The molecule has 2 heterocycles. The summed E-state index contributed by atoms with van der Waals surface area (Å²) in [5.41, 5.74) is 2.47. The van der Waals surface area contributed by atoms with Gasteiger partial charge in [-0.1, -0.05) is 22.0 Å². The molecular formula is C15H9BrCl2N2O. The quantitative estimate of drug-likeness (QED) is 0.593. The third-order valence-corrected chi connectivity index (χ3v) is 3.61. The third kappa shape index (κ3) is 3.23. The van der Waals surface area contributed by atoms with E-state index in [1.54, 1.807) is 12.3 Å². The fraction of sp³-hybridized carbons (Fsp3) is 0. The third-order valence-electron chi connectivity index (χ3n) is 2.91. The van der Waals surface area contributed by atoms with Gasteiger partial charge in [0.25, 0.3) is 5.24 Å². The summed E-state index contributed by atoms with van der Waals surface area (Å²) < 4.78 is 0.872. The Hall–Kier alpha value is -1.49. The first-order valence-electron chi connectivity index (χ1n) is 5.87. The van der Waals surface area contributed by atoms with E-state index in [2.05, 4.69) is 25.9 Å². The van der Waals surface area contributed by atoms with Gasteiger partial charge in [0.2, 0.25) is 0 Å². The molecular weight excluding hydrogens is 375 g/mol. The Morgan fingerprint density at radius 3 is 2.57 bits per heavy atom. The van der Waals surface area contributed by atoms with E-state index in [0.717, 1.165) is 9.86 Å². The summed E-state index contributed by atoms with van der Waals surface area (Å²) >= 11 is 9.08. The van der Waals surface area contributed by atoms with Crippen LogP contribution in [0, 0.1) is 0 Å². The van der Waals surface area contributed by atoms with Gasteiger partial charge in [0.05, 0.1) is 16.9 Å². The van der Waals surface area contributed by atoms with Crippen molar-refractivity contribution in [3.05, 3.63) is 58.7 Å². The van der Waals surface area contributed by atoms with Gasteiger partial charge in [-0.15, -0.1) is 12.4 Å². The lowest BCUT2D eigenvalue weighted by Crippen LogP contribution is -1.96. The molecule has 0 aliphatic heterocycles. The Morgan fingerprint density at radius 2 is 1.90 bits per heavy atom. The Labute approximate surface area is 140 Å². The molecule has 0 radical (unpaired) electrons. The lowest BCUT2D eigenvalue weighted by molar-refractivity contribution is 0.108. The molecule has 21 heavy (non-hydrogen) atoms. The predicted octanol–water partition coefficient (Wildman–Crippen LogP) is 4.86. The second kappa shape index (κ2) is 6.52. The molecule has 6 heteroatoms. The Kier molecular flexibility index (Phi) is 4.93. The topological polar surface area (TPSA) is 42.9 Å². The lowest BCUT2D eigenvalue weighted by atomic mass is 10.1. The highest BCUT2D eigenvalue weighted by atomic mass is 79.9. The van der Waals surface area contributed by atoms with Crippen LogP contribution in [0.2, 0.25) is 0 Å². The molecule has 3 nitrogen and oxygen atoms in total. The number of nitrogens with zero attached hydrogens (tertiary/aromatic N) is 2. The normalized spacial score (nSPS) is 10.2. The molecule has 0 aliphatic carbocycles. The van der Waals surface area contributed by atoms with Crippen molar-refractivity contribution in [3.8, 4) is 11.4 Å². The van der Waals surface area contributed by atoms with Gasteiger partial charge in [-0.25, -0.2) is 4.98 Å². The number of aromatic nitrogens is 2. The van der Waals surface area contributed by atoms with Gasteiger partial charge < -0.3 is 0 Å². The molecule has 0 bridgehead atoms. The van der Waals surface area contributed by atoms with Crippen LogP contribution in [0.4, 0.5) is 0 Å². The zero-order chi connectivity index (χ0) is 14.1. The largest absolute Gasteiger partial charge is 0.276 e. The minimum absolute atomic E-state index is 0. The van der Waals surface area contributed by atoms with E-state index in [1.165, 1.54) is 0 Å². The van der Waals surface area contributed by atoms with Crippen LogP contribution in [-0.2, 0) is 0 Å². The van der Waals surface area contributed by atoms with E-state index in [4.69, 9.17) is 11.6 Å².